The molecule has 5 heteroatoms. The van der Waals surface area contributed by atoms with Crippen molar-refractivity contribution in [2.75, 3.05) is 0 Å². The van der Waals surface area contributed by atoms with Crippen LogP contribution in [0.25, 0.3) is 0 Å². The molecule has 1 aliphatic heterocycles. The van der Waals surface area contributed by atoms with E-state index >= 15 is 0 Å². The molecule has 1 heterocycles. The second kappa shape index (κ2) is 9.15. The van der Waals surface area contributed by atoms with E-state index in [-0.39, 0.29) is 41.0 Å². The fourth-order valence-electron chi connectivity index (χ4n) is 7.04. The number of nitrogens with zero attached hydrogens (tertiary/aromatic N) is 1. The maximum atomic E-state index is 14.3. The molecule has 0 radical (unpaired) electrons. The predicted octanol–water partition coefficient (Wildman–Crippen LogP) is 6.34. The lowest BCUT2D eigenvalue weighted by Gasteiger charge is -2.57. The van der Waals surface area contributed by atoms with Gasteiger partial charge in [0.05, 0.1) is 6.54 Å². The van der Waals surface area contributed by atoms with Gasteiger partial charge in [0.2, 0.25) is 11.8 Å². The first-order chi connectivity index (χ1) is 16.6. The third-order valence-electron chi connectivity index (χ3n) is 9.43. The van der Waals surface area contributed by atoms with Gasteiger partial charge in [0, 0.05) is 0 Å². The summed E-state index contributed by atoms with van der Waals surface area (Å²) in [6.07, 6.45) is 7.89. The van der Waals surface area contributed by atoms with Gasteiger partial charge in [-0.15, -0.1) is 0 Å². The summed E-state index contributed by atoms with van der Waals surface area (Å²) in [4.78, 5) is 30.2. The SMILES string of the molecule is CC1CCCCC12NC1(CCCCC1C)C(=O)N(Cc1cc(C(C)(C)C)c(O)c(C(C)(C)C)c1)C2=O. The van der Waals surface area contributed by atoms with E-state index in [0.717, 1.165) is 68.1 Å². The van der Waals surface area contributed by atoms with Crippen molar-refractivity contribution in [1.82, 2.24) is 10.2 Å². The molecule has 36 heavy (non-hydrogen) atoms. The third kappa shape index (κ3) is 4.40. The molecule has 1 saturated heterocycles. The molecule has 2 aliphatic carbocycles. The Morgan fingerprint density at radius 2 is 1.25 bits per heavy atom. The molecular weight excluding hydrogens is 448 g/mol. The molecule has 1 aromatic carbocycles. The van der Waals surface area contributed by atoms with Crippen LogP contribution < -0.4 is 5.32 Å². The standard InChI is InChI=1S/C31H48N2O3/c1-20-13-9-11-15-30(20)26(35)33(27(36)31(32-30)16-12-10-14-21(31)2)19-22-17-23(28(3,4)5)25(34)24(18-22)29(6,7)8/h17-18,20-21,32,34H,9-16,19H2,1-8H3. The number of benzene rings is 1. The van der Waals surface area contributed by atoms with E-state index in [4.69, 9.17) is 0 Å². The molecule has 200 valence electrons. The second-order valence-electron chi connectivity index (χ2n) is 14.1. The van der Waals surface area contributed by atoms with Crippen LogP contribution in [-0.2, 0) is 27.0 Å². The van der Waals surface area contributed by atoms with Gasteiger partial charge < -0.3 is 5.11 Å². The molecule has 2 N–H and O–H groups in total. The van der Waals surface area contributed by atoms with Crippen LogP contribution in [0, 0.1) is 11.8 Å². The number of imide groups is 1. The molecule has 0 aromatic heterocycles. The molecule has 2 amide bonds. The molecule has 2 spiro atoms. The minimum absolute atomic E-state index is 0.0502. The third-order valence-corrected chi connectivity index (χ3v) is 9.43. The Labute approximate surface area is 218 Å². The Hall–Kier alpha value is -1.88. The Morgan fingerprint density at radius 3 is 1.61 bits per heavy atom. The highest BCUT2D eigenvalue weighted by molar-refractivity contribution is 6.07. The Morgan fingerprint density at radius 1 is 0.833 bits per heavy atom. The van der Waals surface area contributed by atoms with Crippen molar-refractivity contribution in [3.63, 3.8) is 0 Å². The summed E-state index contributed by atoms with van der Waals surface area (Å²) in [5.41, 5.74) is 0.764. The van der Waals surface area contributed by atoms with Crippen LogP contribution in [0.2, 0.25) is 0 Å². The quantitative estimate of drug-likeness (QED) is 0.469. The number of phenolic OH excluding ortho intramolecular Hbond substituents is 1. The highest BCUT2D eigenvalue weighted by Gasteiger charge is 2.61. The zero-order valence-corrected chi connectivity index (χ0v) is 23.9. The van der Waals surface area contributed by atoms with Gasteiger partial charge in [-0.2, -0.15) is 0 Å². The van der Waals surface area contributed by atoms with E-state index < -0.39 is 11.1 Å². The molecule has 1 aromatic rings. The molecule has 3 fully saturated rings. The molecule has 5 nitrogen and oxygen atoms in total. The van der Waals surface area contributed by atoms with Crippen molar-refractivity contribution in [3.05, 3.63) is 28.8 Å². The Kier molecular flexibility index (Phi) is 6.90. The highest BCUT2D eigenvalue weighted by Crippen LogP contribution is 2.47. The molecule has 2 saturated carbocycles. The van der Waals surface area contributed by atoms with E-state index in [2.05, 4.69) is 60.7 Å². The maximum absolute atomic E-state index is 14.3. The summed E-state index contributed by atoms with van der Waals surface area (Å²) in [5.74, 6) is 0.605. The summed E-state index contributed by atoms with van der Waals surface area (Å²) in [7, 11) is 0. The minimum Gasteiger partial charge on any atom is -0.507 e. The van der Waals surface area contributed by atoms with Crippen molar-refractivity contribution < 1.29 is 14.7 Å². The van der Waals surface area contributed by atoms with Crippen molar-refractivity contribution in [2.24, 2.45) is 11.8 Å². The van der Waals surface area contributed by atoms with Crippen LogP contribution in [0.5, 0.6) is 5.75 Å². The molecule has 0 bridgehead atoms. The summed E-state index contributed by atoms with van der Waals surface area (Å²) in [6, 6.07) is 4.03. The van der Waals surface area contributed by atoms with Gasteiger partial charge in [-0.25, -0.2) is 0 Å². The van der Waals surface area contributed by atoms with Gasteiger partial charge in [-0.1, -0.05) is 81.1 Å². The van der Waals surface area contributed by atoms with E-state index in [1.165, 1.54) is 0 Å². The average molecular weight is 497 g/mol. The number of rotatable bonds is 2. The van der Waals surface area contributed by atoms with Crippen molar-refractivity contribution in [2.45, 2.75) is 135 Å². The van der Waals surface area contributed by atoms with Crippen molar-refractivity contribution in [3.8, 4) is 5.75 Å². The minimum atomic E-state index is -0.672. The van der Waals surface area contributed by atoms with Gasteiger partial charge in [-0.3, -0.25) is 19.8 Å². The van der Waals surface area contributed by atoms with E-state index in [9.17, 15) is 14.7 Å². The lowest BCUT2D eigenvalue weighted by molar-refractivity contribution is -0.170. The van der Waals surface area contributed by atoms with E-state index in [1.807, 2.05) is 12.1 Å². The zero-order chi connectivity index (χ0) is 26.7. The summed E-state index contributed by atoms with van der Waals surface area (Å²) in [5, 5.41) is 15.0. The van der Waals surface area contributed by atoms with Crippen LogP contribution in [0.3, 0.4) is 0 Å². The van der Waals surface area contributed by atoms with Crippen LogP contribution in [0.15, 0.2) is 12.1 Å². The monoisotopic (exact) mass is 496 g/mol. The van der Waals surface area contributed by atoms with Crippen LogP contribution in [-0.4, -0.2) is 32.9 Å². The zero-order valence-electron chi connectivity index (χ0n) is 23.9. The fraction of sp³-hybridized carbons (Fsp3) is 0.742. The number of hydrogen-bond donors (Lipinski definition) is 2. The number of carbonyl (C=O) groups excluding carboxylic acids is 2. The van der Waals surface area contributed by atoms with Gasteiger partial charge in [0.15, 0.2) is 0 Å². The molecule has 3 aliphatic rings. The van der Waals surface area contributed by atoms with Crippen molar-refractivity contribution in [1.29, 1.82) is 0 Å². The lowest BCUT2D eigenvalue weighted by Crippen LogP contribution is -2.80. The first-order valence-corrected chi connectivity index (χ1v) is 14.2. The number of amides is 2. The molecular formula is C31H48N2O3. The normalized spacial score (nSPS) is 31.9. The highest BCUT2D eigenvalue weighted by atomic mass is 16.3. The number of carbonyl (C=O) groups is 2. The smallest absolute Gasteiger partial charge is 0.250 e. The first kappa shape index (κ1) is 27.2. The van der Waals surface area contributed by atoms with E-state index in [1.54, 1.807) is 4.90 Å². The predicted molar refractivity (Wildman–Crippen MR) is 145 cm³/mol. The van der Waals surface area contributed by atoms with Gasteiger partial charge >= 0.3 is 0 Å². The van der Waals surface area contributed by atoms with Gasteiger partial charge in [0.1, 0.15) is 16.8 Å². The first-order valence-electron chi connectivity index (χ1n) is 14.2. The lowest BCUT2D eigenvalue weighted by atomic mass is 9.64. The van der Waals surface area contributed by atoms with Crippen LogP contribution >= 0.6 is 0 Å². The fourth-order valence-corrected chi connectivity index (χ4v) is 7.04. The number of piperazine rings is 1. The average Bonchev–Trinajstić information content (AvgIpc) is 2.78. The second-order valence-corrected chi connectivity index (χ2v) is 14.1. The molecule has 4 atom stereocenters. The topological polar surface area (TPSA) is 69.6 Å². The maximum Gasteiger partial charge on any atom is 0.250 e. The van der Waals surface area contributed by atoms with Crippen molar-refractivity contribution >= 4 is 11.8 Å². The number of nitrogens with one attached hydrogen (secondary N) is 1. The summed E-state index contributed by atoms with van der Waals surface area (Å²) >= 11 is 0. The largest absolute Gasteiger partial charge is 0.507 e. The van der Waals surface area contributed by atoms with Gasteiger partial charge in [0.25, 0.3) is 0 Å². The summed E-state index contributed by atoms with van der Waals surface area (Å²) < 4.78 is 0. The number of hydrogen-bond acceptors (Lipinski definition) is 4. The van der Waals surface area contributed by atoms with Gasteiger partial charge in [-0.05, 0) is 77.2 Å². The number of phenols is 1. The van der Waals surface area contributed by atoms with Crippen LogP contribution in [0.4, 0.5) is 0 Å². The molecule has 4 rings (SSSR count). The van der Waals surface area contributed by atoms with E-state index in [0.29, 0.717) is 5.75 Å². The Balaban J connectivity index is 1.83. The summed E-state index contributed by atoms with van der Waals surface area (Å²) in [6.45, 7) is 17.2. The Bertz CT molecular complexity index is 958. The number of aromatic hydroxyl groups is 1. The molecule has 4 unspecified atom stereocenters. The van der Waals surface area contributed by atoms with Crippen LogP contribution in [0.1, 0.15) is 123 Å².